The number of hydrogen-bond donors (Lipinski definition) is 2. The molecule has 2 aromatic carbocycles. The van der Waals surface area contributed by atoms with E-state index in [9.17, 15) is 4.79 Å². The van der Waals surface area contributed by atoms with E-state index < -0.39 is 0 Å². The van der Waals surface area contributed by atoms with Crippen molar-refractivity contribution in [3.8, 4) is 17.0 Å². The molecular weight excluding hydrogens is 424 g/mol. The van der Waals surface area contributed by atoms with E-state index in [0.717, 1.165) is 45.9 Å². The van der Waals surface area contributed by atoms with Crippen molar-refractivity contribution in [1.29, 1.82) is 0 Å². The van der Waals surface area contributed by atoms with E-state index in [4.69, 9.17) is 9.72 Å². The fourth-order valence-electron chi connectivity index (χ4n) is 3.95. The second-order valence-electron chi connectivity index (χ2n) is 8.10. The van der Waals surface area contributed by atoms with Gasteiger partial charge in [0.25, 0.3) is 5.91 Å². The van der Waals surface area contributed by atoms with Crippen LogP contribution in [0.4, 0.5) is 17.1 Å². The Balaban J connectivity index is 1.45. The molecule has 6 heteroatoms. The lowest BCUT2D eigenvalue weighted by Gasteiger charge is -2.16. The molecule has 1 aliphatic carbocycles. The molecule has 0 aliphatic heterocycles. The Morgan fingerprint density at radius 3 is 2.76 bits per heavy atom. The maximum Gasteiger partial charge on any atom is 0.255 e. The van der Waals surface area contributed by atoms with E-state index in [1.165, 1.54) is 0 Å². The normalized spacial score (nSPS) is 11.7. The van der Waals surface area contributed by atoms with E-state index in [0.29, 0.717) is 17.0 Å². The summed E-state index contributed by atoms with van der Waals surface area (Å²) in [7, 11) is 1.60. The number of fused-ring (bicyclic) bond motifs is 1. The van der Waals surface area contributed by atoms with Crippen LogP contribution in [0.25, 0.3) is 17.3 Å². The molecule has 6 nitrogen and oxygen atoms in total. The summed E-state index contributed by atoms with van der Waals surface area (Å²) in [5.74, 6) is 0.500. The average molecular weight is 449 g/mol. The van der Waals surface area contributed by atoms with Crippen LogP contribution in [0.15, 0.2) is 79.1 Å². The molecular formula is C28H24N4O2. The summed E-state index contributed by atoms with van der Waals surface area (Å²) in [5, 5.41) is 6.49. The van der Waals surface area contributed by atoms with Gasteiger partial charge in [-0.1, -0.05) is 24.3 Å². The zero-order valence-electron chi connectivity index (χ0n) is 19.0. The molecule has 4 aromatic rings. The molecule has 1 amide bonds. The van der Waals surface area contributed by atoms with Crippen molar-refractivity contribution in [2.45, 2.75) is 13.3 Å². The predicted molar refractivity (Wildman–Crippen MR) is 136 cm³/mol. The van der Waals surface area contributed by atoms with Gasteiger partial charge in [0, 0.05) is 58.6 Å². The molecule has 0 saturated carbocycles. The van der Waals surface area contributed by atoms with Gasteiger partial charge in [0.05, 0.1) is 18.5 Å². The largest absolute Gasteiger partial charge is 0.497 e. The van der Waals surface area contributed by atoms with Gasteiger partial charge in [-0.2, -0.15) is 0 Å². The second-order valence-corrected chi connectivity index (χ2v) is 8.10. The van der Waals surface area contributed by atoms with Crippen molar-refractivity contribution >= 4 is 29.0 Å². The number of aryl methyl sites for hydroxylation is 1. The molecule has 0 spiro atoms. The van der Waals surface area contributed by atoms with Gasteiger partial charge in [0.1, 0.15) is 5.75 Å². The van der Waals surface area contributed by atoms with Crippen LogP contribution in [0.1, 0.15) is 27.2 Å². The van der Waals surface area contributed by atoms with Gasteiger partial charge >= 0.3 is 0 Å². The molecule has 0 radical (unpaired) electrons. The van der Waals surface area contributed by atoms with Crippen molar-refractivity contribution in [3.63, 3.8) is 0 Å². The molecule has 1 aliphatic rings. The lowest BCUT2D eigenvalue weighted by Crippen LogP contribution is -2.12. The lowest BCUT2D eigenvalue weighted by molar-refractivity contribution is 0.102. The highest BCUT2D eigenvalue weighted by molar-refractivity contribution is 6.05. The molecule has 0 bridgehead atoms. The summed E-state index contributed by atoms with van der Waals surface area (Å²) >= 11 is 0. The Morgan fingerprint density at radius 1 is 1.03 bits per heavy atom. The Labute approximate surface area is 198 Å². The minimum atomic E-state index is -0.188. The highest BCUT2D eigenvalue weighted by Crippen LogP contribution is 2.33. The van der Waals surface area contributed by atoms with E-state index in [1.807, 2.05) is 67.7 Å². The number of rotatable bonds is 6. The van der Waals surface area contributed by atoms with Crippen LogP contribution in [-0.2, 0) is 6.42 Å². The second kappa shape index (κ2) is 9.19. The Bertz CT molecular complexity index is 1400. The summed E-state index contributed by atoms with van der Waals surface area (Å²) in [6.07, 6.45) is 8.56. The summed E-state index contributed by atoms with van der Waals surface area (Å²) in [4.78, 5) is 22.0. The number of amides is 1. The number of aromatic nitrogens is 2. The Hall–Kier alpha value is -4.45. The standard InChI is InChI=1S/C28H24N4O2/c1-18-11-12-19(28(33)30-21-7-3-8-22(15-21)34-2)14-25(18)32-27-16-26(20-6-5-13-29-17-20)31-24-10-4-9-23(24)27/h3-9,11-17H,10H2,1-2H3,(H,30,33)(H,31,32). The summed E-state index contributed by atoms with van der Waals surface area (Å²) in [6, 6.07) is 18.9. The average Bonchev–Trinajstić information content (AvgIpc) is 3.35. The molecule has 5 rings (SSSR count). The van der Waals surface area contributed by atoms with E-state index >= 15 is 0 Å². The minimum Gasteiger partial charge on any atom is -0.497 e. The first-order valence-electron chi connectivity index (χ1n) is 11.0. The van der Waals surface area contributed by atoms with Crippen LogP contribution < -0.4 is 15.4 Å². The fraction of sp³-hybridized carbons (Fsp3) is 0.107. The van der Waals surface area contributed by atoms with Crippen LogP contribution in [0.5, 0.6) is 5.75 Å². The van der Waals surface area contributed by atoms with Crippen molar-refractivity contribution in [2.75, 3.05) is 17.7 Å². The van der Waals surface area contributed by atoms with Crippen LogP contribution >= 0.6 is 0 Å². The number of nitrogens with zero attached hydrogens (tertiary/aromatic N) is 2. The third-order valence-electron chi connectivity index (χ3n) is 5.79. The highest BCUT2D eigenvalue weighted by atomic mass is 16.5. The Morgan fingerprint density at radius 2 is 1.94 bits per heavy atom. The molecule has 34 heavy (non-hydrogen) atoms. The number of hydrogen-bond acceptors (Lipinski definition) is 5. The van der Waals surface area contributed by atoms with Crippen LogP contribution in [0.2, 0.25) is 0 Å². The van der Waals surface area contributed by atoms with E-state index in [-0.39, 0.29) is 5.91 Å². The molecule has 2 N–H and O–H groups in total. The van der Waals surface area contributed by atoms with E-state index in [2.05, 4.69) is 27.8 Å². The molecule has 0 saturated heterocycles. The molecule has 2 aromatic heterocycles. The maximum atomic E-state index is 12.9. The van der Waals surface area contributed by atoms with Gasteiger partial charge < -0.3 is 15.4 Å². The van der Waals surface area contributed by atoms with Gasteiger partial charge in [-0.25, -0.2) is 0 Å². The number of allylic oxidation sites excluding steroid dienone is 1. The number of anilines is 3. The first-order chi connectivity index (χ1) is 16.6. The zero-order chi connectivity index (χ0) is 23.5. The monoisotopic (exact) mass is 448 g/mol. The number of carbonyl (C=O) groups is 1. The van der Waals surface area contributed by atoms with Gasteiger partial charge in [-0.3, -0.25) is 14.8 Å². The number of nitrogens with one attached hydrogen (secondary N) is 2. The van der Waals surface area contributed by atoms with Crippen molar-refractivity contribution < 1.29 is 9.53 Å². The summed E-state index contributed by atoms with van der Waals surface area (Å²) < 4.78 is 5.25. The number of benzene rings is 2. The number of methoxy groups -OCH3 is 1. The van der Waals surface area contributed by atoms with Crippen molar-refractivity contribution in [3.05, 3.63) is 102 Å². The topological polar surface area (TPSA) is 76.1 Å². The number of pyridine rings is 2. The quantitative estimate of drug-likeness (QED) is 0.377. The number of ether oxygens (including phenoxy) is 1. The Kier molecular flexibility index (Phi) is 5.79. The first-order valence-corrected chi connectivity index (χ1v) is 11.0. The molecule has 168 valence electrons. The third kappa shape index (κ3) is 4.38. The maximum absolute atomic E-state index is 12.9. The fourth-order valence-corrected chi connectivity index (χ4v) is 3.95. The summed E-state index contributed by atoms with van der Waals surface area (Å²) in [5.41, 5.74) is 8.00. The van der Waals surface area contributed by atoms with Crippen molar-refractivity contribution in [1.82, 2.24) is 9.97 Å². The zero-order valence-corrected chi connectivity index (χ0v) is 19.0. The molecule has 0 atom stereocenters. The molecule has 0 unspecified atom stereocenters. The van der Waals surface area contributed by atoms with Gasteiger partial charge in [0.15, 0.2) is 0 Å². The number of carbonyl (C=O) groups excluding carboxylic acids is 1. The third-order valence-corrected chi connectivity index (χ3v) is 5.79. The van der Waals surface area contributed by atoms with E-state index in [1.54, 1.807) is 19.4 Å². The van der Waals surface area contributed by atoms with Gasteiger partial charge in [-0.05, 0) is 55.0 Å². The first kappa shape index (κ1) is 21.4. The highest BCUT2D eigenvalue weighted by Gasteiger charge is 2.16. The lowest BCUT2D eigenvalue weighted by atomic mass is 10.1. The SMILES string of the molecule is COc1cccc(NC(=O)c2ccc(C)c(Nc3cc(-c4cccnc4)nc4c3C=CC4)c2)c1. The van der Waals surface area contributed by atoms with Gasteiger partial charge in [0.2, 0.25) is 0 Å². The molecule has 2 heterocycles. The van der Waals surface area contributed by atoms with Crippen LogP contribution in [0, 0.1) is 6.92 Å². The van der Waals surface area contributed by atoms with Crippen molar-refractivity contribution in [2.24, 2.45) is 0 Å². The van der Waals surface area contributed by atoms with Crippen LogP contribution in [-0.4, -0.2) is 23.0 Å². The molecule has 0 fully saturated rings. The summed E-state index contributed by atoms with van der Waals surface area (Å²) in [6.45, 7) is 2.02. The smallest absolute Gasteiger partial charge is 0.255 e. The van der Waals surface area contributed by atoms with Gasteiger partial charge in [-0.15, -0.1) is 0 Å². The van der Waals surface area contributed by atoms with Crippen LogP contribution in [0.3, 0.4) is 0 Å². The minimum absolute atomic E-state index is 0.188. The predicted octanol–water partition coefficient (Wildman–Crippen LogP) is 6.03.